The molecule has 2 aliphatic rings. The van der Waals surface area contributed by atoms with Crippen LogP contribution in [0.25, 0.3) is 0 Å². The van der Waals surface area contributed by atoms with E-state index in [0.29, 0.717) is 12.5 Å². The number of aromatic nitrogens is 3. The Bertz CT molecular complexity index is 951. The molecule has 1 amide bonds. The zero-order valence-corrected chi connectivity index (χ0v) is 18.1. The van der Waals surface area contributed by atoms with Gasteiger partial charge in [0.05, 0.1) is 5.69 Å². The zero-order chi connectivity index (χ0) is 19.8. The first kappa shape index (κ1) is 21.6. The van der Waals surface area contributed by atoms with Crippen LogP contribution in [0.5, 0.6) is 0 Å². The molecular weight excluding hydrogens is 390 g/mol. The topological polar surface area (TPSA) is 81.0 Å². The maximum atomic E-state index is 13.2. The van der Waals surface area contributed by atoms with Crippen molar-refractivity contribution in [2.75, 3.05) is 13.1 Å². The summed E-state index contributed by atoms with van der Waals surface area (Å²) in [6, 6.07) is 4.88. The van der Waals surface area contributed by atoms with Gasteiger partial charge in [-0.3, -0.25) is 18.8 Å². The summed E-state index contributed by atoms with van der Waals surface area (Å²) in [7, 11) is 0. The highest BCUT2D eigenvalue weighted by molar-refractivity contribution is 5.85. The average molecular weight is 420 g/mol. The number of pyridine rings is 1. The molecule has 3 atom stereocenters. The lowest BCUT2D eigenvalue weighted by Crippen LogP contribution is -2.52. The van der Waals surface area contributed by atoms with Crippen molar-refractivity contribution in [2.24, 2.45) is 5.92 Å². The molecule has 7 nitrogen and oxygen atoms in total. The summed E-state index contributed by atoms with van der Waals surface area (Å²) in [5.74, 6) is 0.355. The molecule has 2 aromatic rings. The molecule has 0 unspecified atom stereocenters. The van der Waals surface area contributed by atoms with E-state index >= 15 is 0 Å². The predicted octanol–water partition coefficient (Wildman–Crippen LogP) is 2.06. The molecule has 1 fully saturated rings. The smallest absolute Gasteiger partial charge is 0.251 e. The molecule has 0 aliphatic carbocycles. The van der Waals surface area contributed by atoms with Crippen LogP contribution in [-0.4, -0.2) is 33.3 Å². The molecule has 2 bridgehead atoms. The second kappa shape index (κ2) is 8.71. The third-order valence-electron chi connectivity index (χ3n) is 6.22. The number of nitrogens with one attached hydrogen (secondary N) is 2. The van der Waals surface area contributed by atoms with Gasteiger partial charge in [0.2, 0.25) is 5.91 Å². The summed E-state index contributed by atoms with van der Waals surface area (Å²) in [5, 5.41) is 11.1. The van der Waals surface area contributed by atoms with Gasteiger partial charge in [0.1, 0.15) is 6.04 Å². The fourth-order valence-corrected chi connectivity index (χ4v) is 4.83. The predicted molar refractivity (Wildman–Crippen MR) is 115 cm³/mol. The van der Waals surface area contributed by atoms with E-state index in [4.69, 9.17) is 0 Å². The minimum atomic E-state index is -0.459. The Hall–Kier alpha value is -2.12. The molecule has 4 rings (SSSR count). The highest BCUT2D eigenvalue weighted by Gasteiger charge is 2.41. The number of nitrogens with zero attached hydrogens (tertiary/aromatic N) is 3. The second-order valence-corrected chi connectivity index (χ2v) is 8.04. The van der Waals surface area contributed by atoms with Crippen LogP contribution in [0.4, 0.5) is 0 Å². The van der Waals surface area contributed by atoms with Gasteiger partial charge in [0, 0.05) is 61.0 Å². The standard InChI is InChI=1S/C21H29N5O2.ClH/c1-4-8-25-14(3)17(13(2)24-25)12-23-21(28)20-16-9-15(10-22-11-16)18-6-5-7-19(27)26(18)20;/h5-7,15-16,20,22H,4,8-12H2,1-3H3,(H,23,28);1H/t15-,16+,20-;/m1./s1. The Morgan fingerprint density at radius 3 is 2.86 bits per heavy atom. The largest absolute Gasteiger partial charge is 0.350 e. The molecular formula is C21H30ClN5O2. The lowest BCUT2D eigenvalue weighted by molar-refractivity contribution is -0.127. The second-order valence-electron chi connectivity index (χ2n) is 8.04. The SMILES string of the molecule is CCCn1nc(C)c(CNC(=O)[C@H]2[C@@H]3CNC[C@@H](C3)c3cccc(=O)n32)c1C.Cl. The van der Waals surface area contributed by atoms with Gasteiger partial charge in [0.15, 0.2) is 0 Å². The maximum Gasteiger partial charge on any atom is 0.251 e. The molecule has 1 saturated heterocycles. The van der Waals surface area contributed by atoms with Gasteiger partial charge in [-0.05, 0) is 32.8 Å². The summed E-state index contributed by atoms with van der Waals surface area (Å²) in [4.78, 5) is 25.8. The van der Waals surface area contributed by atoms with Gasteiger partial charge in [-0.25, -0.2) is 0 Å². The lowest BCUT2D eigenvalue weighted by atomic mass is 9.79. The van der Waals surface area contributed by atoms with E-state index in [1.807, 2.05) is 24.6 Å². The number of fused-ring (bicyclic) bond motifs is 4. The van der Waals surface area contributed by atoms with Crippen LogP contribution in [0.1, 0.15) is 54.4 Å². The van der Waals surface area contributed by atoms with Gasteiger partial charge in [-0.2, -0.15) is 5.10 Å². The molecule has 2 aromatic heterocycles. The molecule has 29 heavy (non-hydrogen) atoms. The number of aryl methyl sites for hydroxylation is 2. The number of piperidine rings is 1. The van der Waals surface area contributed by atoms with Gasteiger partial charge in [0.25, 0.3) is 5.56 Å². The van der Waals surface area contributed by atoms with Gasteiger partial charge in [-0.1, -0.05) is 13.0 Å². The highest BCUT2D eigenvalue weighted by Crippen LogP contribution is 2.38. The van der Waals surface area contributed by atoms with Crippen molar-refractivity contribution < 1.29 is 4.79 Å². The molecule has 4 heterocycles. The molecule has 0 saturated carbocycles. The monoisotopic (exact) mass is 419 g/mol. The van der Waals surface area contributed by atoms with Crippen molar-refractivity contribution in [3.8, 4) is 0 Å². The molecule has 0 spiro atoms. The maximum absolute atomic E-state index is 13.2. The van der Waals surface area contributed by atoms with Gasteiger partial charge < -0.3 is 10.6 Å². The van der Waals surface area contributed by atoms with E-state index in [-0.39, 0.29) is 29.8 Å². The Morgan fingerprint density at radius 2 is 2.10 bits per heavy atom. The van der Waals surface area contributed by atoms with Crippen LogP contribution >= 0.6 is 12.4 Å². The first-order chi connectivity index (χ1) is 13.5. The number of rotatable bonds is 5. The molecule has 158 valence electrons. The van der Waals surface area contributed by atoms with E-state index in [0.717, 1.165) is 55.1 Å². The van der Waals surface area contributed by atoms with Crippen LogP contribution in [0.15, 0.2) is 23.0 Å². The highest BCUT2D eigenvalue weighted by atomic mass is 35.5. The van der Waals surface area contributed by atoms with Crippen molar-refractivity contribution in [2.45, 2.75) is 58.7 Å². The van der Waals surface area contributed by atoms with Crippen LogP contribution < -0.4 is 16.2 Å². The third-order valence-corrected chi connectivity index (χ3v) is 6.22. The van der Waals surface area contributed by atoms with E-state index in [2.05, 4.69) is 22.7 Å². The lowest BCUT2D eigenvalue weighted by Gasteiger charge is -2.42. The number of hydrogen-bond donors (Lipinski definition) is 2. The molecule has 2 aliphatic heterocycles. The molecule has 0 aromatic carbocycles. The summed E-state index contributed by atoms with van der Waals surface area (Å²) in [5.41, 5.74) is 4.00. The van der Waals surface area contributed by atoms with E-state index in [1.54, 1.807) is 16.7 Å². The van der Waals surface area contributed by atoms with Crippen molar-refractivity contribution in [1.29, 1.82) is 0 Å². The summed E-state index contributed by atoms with van der Waals surface area (Å²) >= 11 is 0. The van der Waals surface area contributed by atoms with Crippen molar-refractivity contribution >= 4 is 18.3 Å². The number of halogens is 1. The number of amides is 1. The normalized spacial score (nSPS) is 22.5. The Kier molecular flexibility index (Phi) is 6.49. The quantitative estimate of drug-likeness (QED) is 0.777. The average Bonchev–Trinajstić information content (AvgIpc) is 2.94. The Balaban J connectivity index is 0.00000240. The van der Waals surface area contributed by atoms with Crippen LogP contribution in [0.3, 0.4) is 0 Å². The van der Waals surface area contributed by atoms with Crippen LogP contribution in [0, 0.1) is 19.8 Å². The molecule has 0 radical (unpaired) electrons. The summed E-state index contributed by atoms with van der Waals surface area (Å²) in [6.07, 6.45) is 1.96. The van der Waals surface area contributed by atoms with Crippen LogP contribution in [0.2, 0.25) is 0 Å². The number of hydrogen-bond acceptors (Lipinski definition) is 4. The number of carbonyl (C=O) groups excluding carboxylic acids is 1. The molecule has 8 heteroatoms. The third kappa shape index (κ3) is 3.85. The fourth-order valence-electron chi connectivity index (χ4n) is 4.83. The molecule has 2 N–H and O–H groups in total. The van der Waals surface area contributed by atoms with Crippen LogP contribution in [-0.2, 0) is 17.9 Å². The van der Waals surface area contributed by atoms with E-state index in [9.17, 15) is 9.59 Å². The van der Waals surface area contributed by atoms with Gasteiger partial charge >= 0.3 is 0 Å². The Morgan fingerprint density at radius 1 is 1.31 bits per heavy atom. The van der Waals surface area contributed by atoms with Gasteiger partial charge in [-0.15, -0.1) is 12.4 Å². The van der Waals surface area contributed by atoms with E-state index < -0.39 is 6.04 Å². The first-order valence-corrected chi connectivity index (χ1v) is 10.2. The zero-order valence-electron chi connectivity index (χ0n) is 17.3. The van der Waals surface area contributed by atoms with Crippen molar-refractivity contribution in [3.05, 3.63) is 51.2 Å². The minimum absolute atomic E-state index is 0. The fraction of sp³-hybridized carbons (Fsp3) is 0.571. The first-order valence-electron chi connectivity index (χ1n) is 10.2. The minimum Gasteiger partial charge on any atom is -0.350 e. The Labute approximate surface area is 177 Å². The van der Waals surface area contributed by atoms with Crippen molar-refractivity contribution in [1.82, 2.24) is 25.0 Å². The van der Waals surface area contributed by atoms with E-state index in [1.165, 1.54) is 0 Å². The summed E-state index contributed by atoms with van der Waals surface area (Å²) < 4.78 is 3.74. The van der Waals surface area contributed by atoms with Crippen molar-refractivity contribution in [3.63, 3.8) is 0 Å². The summed E-state index contributed by atoms with van der Waals surface area (Å²) in [6.45, 7) is 9.11. The number of carbonyl (C=O) groups is 1.